The SMILES string of the molecule is C=c1cc(O)c(=C)c(C(C)(C)CC(=O)O)c1O. The number of carbonyl (C=O) groups is 1. The first kappa shape index (κ1) is 13.1. The van der Waals surface area contributed by atoms with Crippen molar-refractivity contribution in [3.8, 4) is 11.5 Å². The first-order valence-corrected chi connectivity index (χ1v) is 5.12. The number of phenolic OH excluding ortho intramolecular Hbond substituents is 2. The predicted molar refractivity (Wildman–Crippen MR) is 65.3 cm³/mol. The van der Waals surface area contributed by atoms with Gasteiger partial charge >= 0.3 is 5.97 Å². The maximum Gasteiger partial charge on any atom is 0.304 e. The molecule has 0 aliphatic carbocycles. The van der Waals surface area contributed by atoms with Gasteiger partial charge in [-0.15, -0.1) is 0 Å². The van der Waals surface area contributed by atoms with Crippen LogP contribution >= 0.6 is 0 Å². The second-order valence-corrected chi connectivity index (χ2v) is 4.71. The van der Waals surface area contributed by atoms with Crippen molar-refractivity contribution in [2.75, 3.05) is 0 Å². The third-order valence-electron chi connectivity index (χ3n) is 2.73. The summed E-state index contributed by atoms with van der Waals surface area (Å²) in [5.41, 5.74) is -0.511. The van der Waals surface area contributed by atoms with E-state index in [0.29, 0.717) is 5.56 Å². The zero-order chi connectivity index (χ0) is 13.4. The van der Waals surface area contributed by atoms with E-state index in [-0.39, 0.29) is 28.4 Å². The Morgan fingerprint density at radius 3 is 2.35 bits per heavy atom. The van der Waals surface area contributed by atoms with E-state index >= 15 is 0 Å². The van der Waals surface area contributed by atoms with Gasteiger partial charge in [0.25, 0.3) is 0 Å². The molecule has 0 unspecified atom stereocenters. The van der Waals surface area contributed by atoms with Gasteiger partial charge in [0.2, 0.25) is 0 Å². The Bertz CT molecular complexity index is 558. The molecule has 0 amide bonds. The zero-order valence-electron chi connectivity index (χ0n) is 9.95. The molecule has 92 valence electrons. The summed E-state index contributed by atoms with van der Waals surface area (Å²) in [5, 5.41) is 28.9. The number of carboxylic acids is 1. The fraction of sp³-hybridized carbons (Fsp3) is 0.308. The average Bonchev–Trinajstić information content (AvgIpc) is 2.12. The topological polar surface area (TPSA) is 77.8 Å². The summed E-state index contributed by atoms with van der Waals surface area (Å²) in [6.45, 7) is 10.6. The molecule has 4 heteroatoms. The quantitative estimate of drug-likeness (QED) is 0.674. The molecule has 1 rings (SSSR count). The number of rotatable bonds is 3. The minimum atomic E-state index is -0.984. The maximum atomic E-state index is 10.8. The van der Waals surface area contributed by atoms with Crippen LogP contribution in [0.2, 0.25) is 0 Å². The lowest BCUT2D eigenvalue weighted by atomic mass is 9.79. The average molecular weight is 236 g/mol. The molecular weight excluding hydrogens is 220 g/mol. The van der Waals surface area contributed by atoms with Gasteiger partial charge in [0.15, 0.2) is 0 Å². The Kier molecular flexibility index (Phi) is 3.18. The van der Waals surface area contributed by atoms with Crippen LogP contribution < -0.4 is 10.4 Å². The van der Waals surface area contributed by atoms with Gasteiger partial charge in [0, 0.05) is 21.4 Å². The van der Waals surface area contributed by atoms with Gasteiger partial charge in [-0.05, 0) is 6.07 Å². The monoisotopic (exact) mass is 236 g/mol. The Balaban J connectivity index is 3.56. The van der Waals surface area contributed by atoms with Gasteiger partial charge in [0.1, 0.15) is 11.5 Å². The number of hydrogen-bond acceptors (Lipinski definition) is 3. The molecule has 0 saturated heterocycles. The molecule has 4 nitrogen and oxygen atoms in total. The molecule has 0 spiro atoms. The van der Waals surface area contributed by atoms with E-state index in [1.165, 1.54) is 6.07 Å². The molecule has 0 saturated carbocycles. The minimum absolute atomic E-state index is 0.0961. The molecule has 0 aromatic heterocycles. The summed E-state index contributed by atoms with van der Waals surface area (Å²) in [4.78, 5) is 10.8. The lowest BCUT2D eigenvalue weighted by Crippen LogP contribution is -2.30. The second-order valence-electron chi connectivity index (χ2n) is 4.71. The van der Waals surface area contributed by atoms with Crippen molar-refractivity contribution in [1.29, 1.82) is 0 Å². The Morgan fingerprint density at radius 2 is 1.88 bits per heavy atom. The molecular formula is C13H16O4. The van der Waals surface area contributed by atoms with Crippen molar-refractivity contribution < 1.29 is 20.1 Å². The van der Waals surface area contributed by atoms with Gasteiger partial charge in [-0.2, -0.15) is 0 Å². The number of hydrogen-bond donors (Lipinski definition) is 3. The lowest BCUT2D eigenvalue weighted by molar-refractivity contribution is -0.138. The number of benzene rings is 1. The molecule has 0 aliphatic rings. The van der Waals surface area contributed by atoms with Gasteiger partial charge in [-0.3, -0.25) is 4.79 Å². The standard InChI is InChI=1S/C13H16O4/c1-7-5-9(14)8(2)11(12(7)17)13(3,4)6-10(15)16/h5,14,17H,1-2,6H2,3-4H3,(H,15,16). The van der Waals surface area contributed by atoms with Crippen LogP contribution in [-0.2, 0) is 10.2 Å². The molecule has 3 N–H and O–H groups in total. The Labute approximate surface area is 99.2 Å². The van der Waals surface area contributed by atoms with E-state index in [4.69, 9.17) is 5.11 Å². The normalized spacial score (nSPS) is 11.4. The first-order valence-electron chi connectivity index (χ1n) is 5.12. The van der Waals surface area contributed by atoms with E-state index < -0.39 is 11.4 Å². The van der Waals surface area contributed by atoms with Crippen LogP contribution in [-0.4, -0.2) is 21.3 Å². The van der Waals surface area contributed by atoms with E-state index in [0.717, 1.165) is 0 Å². The molecule has 0 bridgehead atoms. The van der Waals surface area contributed by atoms with E-state index in [1.807, 2.05) is 0 Å². The number of carboxylic acid groups (broad SMARTS) is 1. The highest BCUT2D eigenvalue weighted by Crippen LogP contribution is 2.30. The van der Waals surface area contributed by atoms with Crippen molar-refractivity contribution in [3.63, 3.8) is 0 Å². The Morgan fingerprint density at radius 1 is 1.35 bits per heavy atom. The van der Waals surface area contributed by atoms with Crippen molar-refractivity contribution in [3.05, 3.63) is 22.1 Å². The smallest absolute Gasteiger partial charge is 0.304 e. The molecule has 0 heterocycles. The van der Waals surface area contributed by atoms with E-state index in [1.54, 1.807) is 13.8 Å². The number of phenols is 2. The van der Waals surface area contributed by atoms with Crippen LogP contribution in [0.3, 0.4) is 0 Å². The minimum Gasteiger partial charge on any atom is -0.507 e. The predicted octanol–water partition coefficient (Wildman–Crippen LogP) is 0.671. The van der Waals surface area contributed by atoms with Gasteiger partial charge < -0.3 is 15.3 Å². The second kappa shape index (κ2) is 4.13. The molecule has 1 aromatic rings. The number of aliphatic carboxylic acids is 1. The Hall–Kier alpha value is -1.97. The third kappa shape index (κ3) is 2.41. The van der Waals surface area contributed by atoms with Gasteiger partial charge in [0.05, 0.1) is 6.42 Å². The number of aromatic hydroxyl groups is 2. The fourth-order valence-corrected chi connectivity index (χ4v) is 1.95. The summed E-state index contributed by atoms with van der Waals surface area (Å²) >= 11 is 0. The summed E-state index contributed by atoms with van der Waals surface area (Å²) in [7, 11) is 0. The van der Waals surface area contributed by atoms with Crippen molar-refractivity contribution in [2.45, 2.75) is 25.7 Å². The van der Waals surface area contributed by atoms with Crippen molar-refractivity contribution >= 4 is 19.1 Å². The molecule has 0 radical (unpaired) electrons. The highest BCUT2D eigenvalue weighted by molar-refractivity contribution is 5.69. The van der Waals surface area contributed by atoms with Crippen LogP contribution in [0.25, 0.3) is 13.2 Å². The highest BCUT2D eigenvalue weighted by Gasteiger charge is 2.29. The van der Waals surface area contributed by atoms with Gasteiger partial charge in [-0.1, -0.05) is 27.0 Å². The van der Waals surface area contributed by atoms with Gasteiger partial charge in [-0.25, -0.2) is 0 Å². The summed E-state index contributed by atoms with van der Waals surface area (Å²) in [6.07, 6.45) is -0.175. The van der Waals surface area contributed by atoms with Crippen molar-refractivity contribution in [1.82, 2.24) is 0 Å². The third-order valence-corrected chi connectivity index (χ3v) is 2.73. The zero-order valence-corrected chi connectivity index (χ0v) is 9.95. The maximum absolute atomic E-state index is 10.8. The van der Waals surface area contributed by atoms with Crippen LogP contribution in [0.1, 0.15) is 25.8 Å². The summed E-state index contributed by atoms with van der Waals surface area (Å²) in [6, 6.07) is 1.30. The molecule has 1 aromatic carbocycles. The van der Waals surface area contributed by atoms with Crippen LogP contribution in [0, 0.1) is 0 Å². The van der Waals surface area contributed by atoms with Crippen LogP contribution in [0.5, 0.6) is 11.5 Å². The molecule has 0 aliphatic heterocycles. The largest absolute Gasteiger partial charge is 0.507 e. The van der Waals surface area contributed by atoms with Crippen LogP contribution in [0.4, 0.5) is 0 Å². The fourth-order valence-electron chi connectivity index (χ4n) is 1.95. The van der Waals surface area contributed by atoms with Crippen molar-refractivity contribution in [2.24, 2.45) is 0 Å². The molecule has 17 heavy (non-hydrogen) atoms. The van der Waals surface area contributed by atoms with E-state index in [2.05, 4.69) is 13.2 Å². The first-order chi connectivity index (χ1) is 7.66. The summed E-state index contributed by atoms with van der Waals surface area (Å²) < 4.78 is 0. The van der Waals surface area contributed by atoms with Crippen LogP contribution in [0.15, 0.2) is 6.07 Å². The molecule has 0 atom stereocenters. The van der Waals surface area contributed by atoms with E-state index in [9.17, 15) is 15.0 Å². The summed E-state index contributed by atoms with van der Waals surface area (Å²) in [5.74, 6) is -1.19. The lowest BCUT2D eigenvalue weighted by Gasteiger charge is -2.25. The molecule has 0 fully saturated rings. The highest BCUT2D eigenvalue weighted by atomic mass is 16.4.